The molecule has 0 aliphatic heterocycles. The maximum Gasteiger partial charge on any atom is 0.229 e. The summed E-state index contributed by atoms with van der Waals surface area (Å²) in [7, 11) is 0. The number of carbonyl (C=O) groups excluding carboxylic acids is 1. The Balaban J connectivity index is 2.79. The van der Waals surface area contributed by atoms with Gasteiger partial charge in [-0.25, -0.2) is 0 Å². The van der Waals surface area contributed by atoms with Crippen molar-refractivity contribution < 1.29 is 4.79 Å². The highest BCUT2D eigenvalue weighted by molar-refractivity contribution is 5.83. The molecule has 0 unspecified atom stereocenters. The maximum absolute atomic E-state index is 12.7. The molecule has 0 atom stereocenters. The van der Waals surface area contributed by atoms with E-state index in [0.717, 1.165) is 19.3 Å². The lowest BCUT2D eigenvalue weighted by Crippen LogP contribution is -2.46. The predicted octanol–water partition coefficient (Wildman–Crippen LogP) is 3.11. The van der Waals surface area contributed by atoms with E-state index >= 15 is 0 Å². The molecule has 1 aliphatic rings. The Kier molecular flexibility index (Phi) is 4.99. The van der Waals surface area contributed by atoms with Gasteiger partial charge in [0.15, 0.2) is 0 Å². The van der Waals surface area contributed by atoms with Crippen LogP contribution in [0.2, 0.25) is 0 Å². The summed E-state index contributed by atoms with van der Waals surface area (Å²) >= 11 is 0. The van der Waals surface area contributed by atoms with E-state index in [1.54, 1.807) is 0 Å². The van der Waals surface area contributed by atoms with Crippen molar-refractivity contribution >= 4 is 5.91 Å². The van der Waals surface area contributed by atoms with Crippen LogP contribution in [-0.2, 0) is 4.79 Å². The van der Waals surface area contributed by atoms with Gasteiger partial charge in [-0.2, -0.15) is 5.26 Å². The van der Waals surface area contributed by atoms with E-state index in [1.807, 2.05) is 18.7 Å². The zero-order chi connectivity index (χ0) is 12.9. The highest BCUT2D eigenvalue weighted by Crippen LogP contribution is 2.42. The molecule has 96 valence electrons. The van der Waals surface area contributed by atoms with E-state index in [4.69, 9.17) is 5.26 Å². The minimum Gasteiger partial charge on any atom is -0.339 e. The summed E-state index contributed by atoms with van der Waals surface area (Å²) in [5.74, 6) is 0.280. The molecular weight excluding hydrogens is 212 g/mol. The number of nitriles is 1. The predicted molar refractivity (Wildman–Crippen MR) is 68.3 cm³/mol. The third-order valence-corrected chi connectivity index (χ3v) is 4.04. The molecular formula is C14H24N2O. The summed E-state index contributed by atoms with van der Waals surface area (Å²) < 4.78 is 0. The van der Waals surface area contributed by atoms with Gasteiger partial charge >= 0.3 is 0 Å². The standard InChI is InChI=1S/C14H24N2O/c1-4-14(8-5-6-9-14)13(17)16(12(2)3)11-7-10-15/h12H,4-9,11H2,1-3H3. The van der Waals surface area contributed by atoms with Crippen molar-refractivity contribution in [1.29, 1.82) is 5.26 Å². The quantitative estimate of drug-likeness (QED) is 0.736. The first kappa shape index (κ1) is 14.0. The zero-order valence-electron chi connectivity index (χ0n) is 11.3. The van der Waals surface area contributed by atoms with Crippen LogP contribution in [0.5, 0.6) is 0 Å². The third-order valence-electron chi connectivity index (χ3n) is 4.04. The lowest BCUT2D eigenvalue weighted by Gasteiger charge is -2.35. The number of carbonyl (C=O) groups is 1. The van der Waals surface area contributed by atoms with Gasteiger partial charge in [0, 0.05) is 18.0 Å². The number of nitrogens with zero attached hydrogens (tertiary/aromatic N) is 2. The first-order chi connectivity index (χ1) is 8.07. The maximum atomic E-state index is 12.7. The Morgan fingerprint density at radius 2 is 2.00 bits per heavy atom. The highest BCUT2D eigenvalue weighted by Gasteiger charge is 2.42. The fourth-order valence-corrected chi connectivity index (χ4v) is 2.84. The van der Waals surface area contributed by atoms with E-state index in [1.165, 1.54) is 12.8 Å². The molecule has 0 radical (unpaired) electrons. The normalized spacial score (nSPS) is 18.1. The number of amides is 1. The van der Waals surface area contributed by atoms with Crippen LogP contribution in [0.3, 0.4) is 0 Å². The molecule has 0 N–H and O–H groups in total. The fourth-order valence-electron chi connectivity index (χ4n) is 2.84. The van der Waals surface area contributed by atoms with Crippen molar-refractivity contribution in [2.45, 2.75) is 65.3 Å². The van der Waals surface area contributed by atoms with Crippen LogP contribution in [0.1, 0.15) is 59.3 Å². The van der Waals surface area contributed by atoms with Crippen LogP contribution < -0.4 is 0 Å². The average Bonchev–Trinajstić information content (AvgIpc) is 2.78. The van der Waals surface area contributed by atoms with Crippen molar-refractivity contribution in [2.24, 2.45) is 5.41 Å². The van der Waals surface area contributed by atoms with Crippen LogP contribution in [0, 0.1) is 16.7 Å². The van der Waals surface area contributed by atoms with E-state index in [9.17, 15) is 4.79 Å². The molecule has 3 nitrogen and oxygen atoms in total. The lowest BCUT2D eigenvalue weighted by atomic mass is 9.81. The van der Waals surface area contributed by atoms with E-state index in [-0.39, 0.29) is 17.4 Å². The second kappa shape index (κ2) is 6.05. The van der Waals surface area contributed by atoms with E-state index in [0.29, 0.717) is 13.0 Å². The van der Waals surface area contributed by atoms with Gasteiger partial charge < -0.3 is 4.90 Å². The first-order valence-corrected chi connectivity index (χ1v) is 6.75. The molecule has 1 rings (SSSR count). The van der Waals surface area contributed by atoms with Gasteiger partial charge in [-0.3, -0.25) is 4.79 Å². The third kappa shape index (κ3) is 3.00. The smallest absolute Gasteiger partial charge is 0.229 e. The van der Waals surface area contributed by atoms with Gasteiger partial charge in [0.2, 0.25) is 5.91 Å². The molecule has 1 saturated carbocycles. The van der Waals surface area contributed by atoms with Crippen molar-refractivity contribution in [1.82, 2.24) is 4.90 Å². The minimum atomic E-state index is -0.125. The first-order valence-electron chi connectivity index (χ1n) is 6.75. The van der Waals surface area contributed by atoms with E-state index < -0.39 is 0 Å². The summed E-state index contributed by atoms with van der Waals surface area (Å²) in [6.07, 6.45) is 5.76. The van der Waals surface area contributed by atoms with Crippen molar-refractivity contribution in [3.05, 3.63) is 0 Å². The topological polar surface area (TPSA) is 44.1 Å². The molecule has 0 aromatic rings. The Hall–Kier alpha value is -1.04. The Bertz CT molecular complexity index is 298. The molecule has 0 heterocycles. The zero-order valence-corrected chi connectivity index (χ0v) is 11.3. The minimum absolute atomic E-state index is 0.125. The number of hydrogen-bond acceptors (Lipinski definition) is 2. The van der Waals surface area contributed by atoms with Gasteiger partial charge in [-0.15, -0.1) is 0 Å². The number of hydrogen-bond donors (Lipinski definition) is 0. The molecule has 1 aliphatic carbocycles. The van der Waals surface area contributed by atoms with Crippen LogP contribution >= 0.6 is 0 Å². The summed E-state index contributed by atoms with van der Waals surface area (Å²) in [5.41, 5.74) is -0.125. The van der Waals surface area contributed by atoms with Gasteiger partial charge in [0.05, 0.1) is 12.5 Å². The lowest BCUT2D eigenvalue weighted by molar-refractivity contribution is -0.144. The van der Waals surface area contributed by atoms with Crippen molar-refractivity contribution in [3.63, 3.8) is 0 Å². The highest BCUT2D eigenvalue weighted by atomic mass is 16.2. The average molecular weight is 236 g/mol. The fraction of sp³-hybridized carbons (Fsp3) is 0.857. The van der Waals surface area contributed by atoms with Crippen LogP contribution in [0.25, 0.3) is 0 Å². The Morgan fingerprint density at radius 1 is 1.41 bits per heavy atom. The SMILES string of the molecule is CCC1(C(=O)N(CCC#N)C(C)C)CCCC1. The second-order valence-electron chi connectivity index (χ2n) is 5.34. The molecule has 17 heavy (non-hydrogen) atoms. The Morgan fingerprint density at radius 3 is 2.41 bits per heavy atom. The van der Waals surface area contributed by atoms with Gasteiger partial charge in [-0.1, -0.05) is 19.8 Å². The molecule has 3 heteroatoms. The number of rotatable bonds is 5. The summed E-state index contributed by atoms with van der Waals surface area (Å²) in [5, 5.41) is 8.68. The van der Waals surface area contributed by atoms with Gasteiger partial charge in [-0.05, 0) is 33.1 Å². The monoisotopic (exact) mass is 236 g/mol. The van der Waals surface area contributed by atoms with Crippen molar-refractivity contribution in [2.75, 3.05) is 6.54 Å². The molecule has 1 amide bonds. The van der Waals surface area contributed by atoms with Crippen LogP contribution in [-0.4, -0.2) is 23.4 Å². The molecule has 0 saturated heterocycles. The van der Waals surface area contributed by atoms with Crippen molar-refractivity contribution in [3.8, 4) is 6.07 Å². The van der Waals surface area contributed by atoms with E-state index in [2.05, 4.69) is 13.0 Å². The second-order valence-corrected chi connectivity index (χ2v) is 5.34. The van der Waals surface area contributed by atoms with Crippen LogP contribution in [0.15, 0.2) is 0 Å². The summed E-state index contributed by atoms with van der Waals surface area (Å²) in [6, 6.07) is 2.33. The molecule has 0 bridgehead atoms. The van der Waals surface area contributed by atoms with Gasteiger partial charge in [0.1, 0.15) is 0 Å². The van der Waals surface area contributed by atoms with Gasteiger partial charge in [0.25, 0.3) is 0 Å². The molecule has 0 aromatic carbocycles. The summed E-state index contributed by atoms with van der Waals surface area (Å²) in [6.45, 7) is 6.77. The largest absolute Gasteiger partial charge is 0.339 e. The Labute approximate surface area is 105 Å². The molecule has 0 spiro atoms. The molecule has 0 aromatic heterocycles. The summed E-state index contributed by atoms with van der Waals surface area (Å²) in [4.78, 5) is 14.6. The molecule has 1 fully saturated rings. The van der Waals surface area contributed by atoms with Crippen LogP contribution in [0.4, 0.5) is 0 Å².